The van der Waals surface area contributed by atoms with Crippen LogP contribution in [0, 0.1) is 5.82 Å². The first kappa shape index (κ1) is 12.3. The van der Waals surface area contributed by atoms with Crippen molar-refractivity contribution >= 4 is 0 Å². The maximum absolute atomic E-state index is 13.4. The van der Waals surface area contributed by atoms with Crippen molar-refractivity contribution in [3.05, 3.63) is 35.8 Å². The van der Waals surface area contributed by atoms with Gasteiger partial charge in [0.1, 0.15) is 0 Å². The van der Waals surface area contributed by atoms with Crippen LogP contribution in [0.4, 0.5) is 4.39 Å². The predicted octanol–water partition coefficient (Wildman–Crippen LogP) is 1.39. The van der Waals surface area contributed by atoms with E-state index in [0.29, 0.717) is 5.70 Å². The number of rotatable bonds is 4. The number of allylic oxidation sites excluding steroid dienone is 1. The van der Waals surface area contributed by atoms with Crippen LogP contribution in [-0.2, 0) is 0 Å². The predicted molar refractivity (Wildman–Crippen MR) is 57.5 cm³/mol. The fourth-order valence-electron chi connectivity index (χ4n) is 1.21. The van der Waals surface area contributed by atoms with E-state index in [1.54, 1.807) is 6.92 Å². The van der Waals surface area contributed by atoms with E-state index in [0.717, 1.165) is 6.07 Å². The van der Waals surface area contributed by atoms with Crippen LogP contribution in [0.2, 0.25) is 0 Å². The van der Waals surface area contributed by atoms with Gasteiger partial charge in [-0.05, 0) is 19.1 Å². The standard InChI is InChI=1S/C11H14FNO3/c1-6(2)13-5-9(15)7-3-4-8(14)11(16)10(7)12/h3-4,9,13-16H,1,5H2,2H3/t9-/m1/s1. The Bertz CT molecular complexity index is 406. The Labute approximate surface area is 92.7 Å². The molecule has 0 aliphatic carbocycles. The molecule has 0 aromatic heterocycles. The van der Waals surface area contributed by atoms with Crippen LogP contribution < -0.4 is 5.32 Å². The Hall–Kier alpha value is -1.75. The Morgan fingerprint density at radius 2 is 2.12 bits per heavy atom. The minimum absolute atomic E-state index is 0.0796. The van der Waals surface area contributed by atoms with Crippen molar-refractivity contribution in [1.29, 1.82) is 0 Å². The number of aliphatic hydroxyl groups excluding tert-OH is 1. The summed E-state index contributed by atoms with van der Waals surface area (Å²) in [6, 6.07) is 2.34. The molecule has 0 unspecified atom stereocenters. The molecule has 4 N–H and O–H groups in total. The van der Waals surface area contributed by atoms with Gasteiger partial charge in [0.25, 0.3) is 0 Å². The average Bonchev–Trinajstić information content (AvgIpc) is 2.23. The summed E-state index contributed by atoms with van der Waals surface area (Å²) in [5.74, 6) is -2.43. The highest BCUT2D eigenvalue weighted by molar-refractivity contribution is 5.43. The van der Waals surface area contributed by atoms with E-state index >= 15 is 0 Å². The lowest BCUT2D eigenvalue weighted by Crippen LogP contribution is -2.19. The molecule has 1 rings (SSSR count). The average molecular weight is 227 g/mol. The second kappa shape index (κ2) is 4.85. The van der Waals surface area contributed by atoms with E-state index in [2.05, 4.69) is 11.9 Å². The van der Waals surface area contributed by atoms with E-state index in [-0.39, 0.29) is 12.1 Å². The second-order valence-corrected chi connectivity index (χ2v) is 3.51. The van der Waals surface area contributed by atoms with Gasteiger partial charge < -0.3 is 20.6 Å². The van der Waals surface area contributed by atoms with Crippen LogP contribution in [0.3, 0.4) is 0 Å². The lowest BCUT2D eigenvalue weighted by Gasteiger charge is -2.14. The molecule has 0 fully saturated rings. The first-order valence-electron chi connectivity index (χ1n) is 4.71. The van der Waals surface area contributed by atoms with Crippen molar-refractivity contribution in [2.45, 2.75) is 13.0 Å². The third-order valence-corrected chi connectivity index (χ3v) is 2.08. The zero-order valence-electron chi connectivity index (χ0n) is 8.87. The number of hydrogen-bond donors (Lipinski definition) is 4. The van der Waals surface area contributed by atoms with Gasteiger partial charge in [-0.2, -0.15) is 0 Å². The van der Waals surface area contributed by atoms with Crippen molar-refractivity contribution < 1.29 is 19.7 Å². The SMILES string of the molecule is C=C(C)NC[C@@H](O)c1ccc(O)c(O)c1F. The van der Waals surface area contributed by atoms with Crippen molar-refractivity contribution in [2.75, 3.05) is 6.54 Å². The first-order chi connectivity index (χ1) is 7.43. The van der Waals surface area contributed by atoms with E-state index in [4.69, 9.17) is 10.2 Å². The minimum Gasteiger partial charge on any atom is -0.504 e. The molecule has 0 aliphatic heterocycles. The van der Waals surface area contributed by atoms with E-state index < -0.39 is 23.4 Å². The normalized spacial score (nSPS) is 12.2. The number of phenolic OH excluding ortho intramolecular Hbond substituents is 2. The molecule has 16 heavy (non-hydrogen) atoms. The van der Waals surface area contributed by atoms with Crippen molar-refractivity contribution in [3.63, 3.8) is 0 Å². The summed E-state index contributed by atoms with van der Waals surface area (Å²) in [6.07, 6.45) is -1.12. The third-order valence-electron chi connectivity index (χ3n) is 2.08. The molecular formula is C11H14FNO3. The number of aliphatic hydroxyl groups is 1. The fraction of sp³-hybridized carbons (Fsp3) is 0.273. The van der Waals surface area contributed by atoms with E-state index in [9.17, 15) is 9.50 Å². The monoisotopic (exact) mass is 227 g/mol. The van der Waals surface area contributed by atoms with Crippen molar-refractivity contribution in [3.8, 4) is 11.5 Å². The summed E-state index contributed by atoms with van der Waals surface area (Å²) in [4.78, 5) is 0. The first-order valence-corrected chi connectivity index (χ1v) is 4.71. The van der Waals surface area contributed by atoms with Gasteiger partial charge >= 0.3 is 0 Å². The molecular weight excluding hydrogens is 213 g/mol. The highest BCUT2D eigenvalue weighted by Gasteiger charge is 2.17. The van der Waals surface area contributed by atoms with E-state index in [1.165, 1.54) is 6.07 Å². The van der Waals surface area contributed by atoms with Crippen molar-refractivity contribution in [1.82, 2.24) is 5.32 Å². The minimum atomic E-state index is -1.12. The molecule has 0 heterocycles. The molecule has 0 radical (unpaired) electrons. The number of nitrogens with one attached hydrogen (secondary N) is 1. The molecule has 0 amide bonds. The summed E-state index contributed by atoms with van der Waals surface area (Å²) >= 11 is 0. The molecule has 1 aromatic rings. The summed E-state index contributed by atoms with van der Waals surface area (Å²) in [6.45, 7) is 5.36. The van der Waals surface area contributed by atoms with Crippen LogP contribution in [-0.4, -0.2) is 21.9 Å². The Kier molecular flexibility index (Phi) is 3.73. The molecule has 0 aliphatic rings. The molecule has 0 spiro atoms. The van der Waals surface area contributed by atoms with Gasteiger partial charge in [0.05, 0.1) is 6.10 Å². The van der Waals surface area contributed by atoms with Crippen LogP contribution in [0.5, 0.6) is 11.5 Å². The Balaban J connectivity index is 2.87. The van der Waals surface area contributed by atoms with Crippen LogP contribution in [0.25, 0.3) is 0 Å². The number of aromatic hydroxyl groups is 2. The quantitative estimate of drug-likeness (QED) is 0.586. The van der Waals surface area contributed by atoms with Crippen LogP contribution >= 0.6 is 0 Å². The summed E-state index contributed by atoms with van der Waals surface area (Å²) < 4.78 is 13.4. The van der Waals surface area contributed by atoms with Gasteiger partial charge in [-0.3, -0.25) is 0 Å². The molecule has 1 atom stereocenters. The highest BCUT2D eigenvalue weighted by atomic mass is 19.1. The van der Waals surface area contributed by atoms with Gasteiger partial charge in [-0.15, -0.1) is 0 Å². The van der Waals surface area contributed by atoms with Gasteiger partial charge in [-0.25, -0.2) is 4.39 Å². The van der Waals surface area contributed by atoms with Crippen molar-refractivity contribution in [2.24, 2.45) is 0 Å². The molecule has 0 saturated carbocycles. The molecule has 4 nitrogen and oxygen atoms in total. The molecule has 0 saturated heterocycles. The van der Waals surface area contributed by atoms with Gasteiger partial charge in [0.2, 0.25) is 0 Å². The molecule has 1 aromatic carbocycles. The smallest absolute Gasteiger partial charge is 0.194 e. The lowest BCUT2D eigenvalue weighted by atomic mass is 10.1. The maximum atomic E-state index is 13.4. The third kappa shape index (κ3) is 2.64. The molecule has 5 heteroatoms. The largest absolute Gasteiger partial charge is 0.504 e. The summed E-state index contributed by atoms with van der Waals surface area (Å²) in [5, 5.41) is 30.5. The van der Waals surface area contributed by atoms with Gasteiger partial charge in [-0.1, -0.05) is 6.58 Å². The summed E-state index contributed by atoms with van der Waals surface area (Å²) in [5.41, 5.74) is 0.562. The van der Waals surface area contributed by atoms with Gasteiger partial charge in [0, 0.05) is 17.8 Å². The highest BCUT2D eigenvalue weighted by Crippen LogP contribution is 2.32. The number of halogens is 1. The number of benzene rings is 1. The van der Waals surface area contributed by atoms with Crippen LogP contribution in [0.1, 0.15) is 18.6 Å². The Morgan fingerprint density at radius 1 is 1.50 bits per heavy atom. The van der Waals surface area contributed by atoms with E-state index in [1.807, 2.05) is 0 Å². The van der Waals surface area contributed by atoms with Crippen LogP contribution in [0.15, 0.2) is 24.4 Å². The topological polar surface area (TPSA) is 72.7 Å². The number of hydrogen-bond acceptors (Lipinski definition) is 4. The lowest BCUT2D eigenvalue weighted by molar-refractivity contribution is 0.172. The van der Waals surface area contributed by atoms with Gasteiger partial charge in [0.15, 0.2) is 17.3 Å². The molecule has 88 valence electrons. The zero-order chi connectivity index (χ0) is 12.3. The zero-order valence-corrected chi connectivity index (χ0v) is 8.87. The maximum Gasteiger partial charge on any atom is 0.194 e. The number of phenols is 2. The summed E-state index contributed by atoms with van der Waals surface area (Å²) in [7, 11) is 0. The second-order valence-electron chi connectivity index (χ2n) is 3.51. The molecule has 0 bridgehead atoms. The fourth-order valence-corrected chi connectivity index (χ4v) is 1.21. The Morgan fingerprint density at radius 3 is 2.69 bits per heavy atom.